The molecule has 0 bridgehead atoms. The van der Waals surface area contributed by atoms with Crippen LogP contribution in [0.3, 0.4) is 0 Å². The van der Waals surface area contributed by atoms with Gasteiger partial charge in [-0.15, -0.1) is 0 Å². The fraction of sp³-hybridized carbons (Fsp3) is 0.571. The van der Waals surface area contributed by atoms with Gasteiger partial charge in [-0.3, -0.25) is 0 Å². The average Bonchev–Trinajstić information content (AvgIpc) is 3.10. The van der Waals surface area contributed by atoms with E-state index in [2.05, 4.69) is 10.6 Å². The molecule has 0 radical (unpaired) electrons. The Morgan fingerprint density at radius 3 is 1.46 bits per heavy atom. The van der Waals surface area contributed by atoms with E-state index in [1.165, 1.54) is 9.80 Å². The minimum atomic E-state index is -1.32. The zero-order chi connectivity index (χ0) is 17.7. The Bertz CT molecular complexity index is 538. The predicted molar refractivity (Wildman–Crippen MR) is 81.5 cm³/mol. The van der Waals surface area contributed by atoms with E-state index in [0.717, 1.165) is 0 Å². The first-order valence-electron chi connectivity index (χ1n) is 7.64. The molecule has 0 atom stereocenters. The lowest BCUT2D eigenvalue weighted by atomic mass is 10.0. The summed E-state index contributed by atoms with van der Waals surface area (Å²) in [5.74, 6) is -2.64. The van der Waals surface area contributed by atoms with Crippen molar-refractivity contribution in [1.29, 1.82) is 0 Å². The molecule has 2 saturated heterocycles. The number of carboxylic acid groups (broad SMARTS) is 2. The van der Waals surface area contributed by atoms with Crippen LogP contribution in [0.5, 0.6) is 0 Å². The third-order valence-electron chi connectivity index (χ3n) is 4.03. The van der Waals surface area contributed by atoms with Crippen LogP contribution in [0.2, 0.25) is 0 Å². The van der Waals surface area contributed by atoms with Crippen molar-refractivity contribution in [2.24, 2.45) is 0 Å². The highest BCUT2D eigenvalue weighted by Gasteiger charge is 2.26. The first kappa shape index (κ1) is 17.6. The maximum Gasteiger partial charge on any atom is 0.332 e. The van der Waals surface area contributed by atoms with Crippen LogP contribution in [-0.2, 0) is 9.59 Å². The smallest absolute Gasteiger partial charge is 0.332 e. The maximum atomic E-state index is 11.5. The molecule has 24 heavy (non-hydrogen) atoms. The Kier molecular flexibility index (Phi) is 5.61. The van der Waals surface area contributed by atoms with E-state index in [9.17, 15) is 29.4 Å². The second kappa shape index (κ2) is 7.66. The van der Waals surface area contributed by atoms with Gasteiger partial charge in [0.1, 0.15) is 0 Å². The van der Waals surface area contributed by atoms with Gasteiger partial charge < -0.3 is 30.6 Å². The molecule has 2 aliphatic heterocycles. The highest BCUT2D eigenvalue weighted by Crippen LogP contribution is 2.16. The fourth-order valence-corrected chi connectivity index (χ4v) is 2.72. The van der Waals surface area contributed by atoms with Gasteiger partial charge in [-0.05, 0) is 12.8 Å². The summed E-state index contributed by atoms with van der Waals surface area (Å²) in [5, 5.41) is 23.9. The molecular weight excluding hydrogens is 320 g/mol. The molecule has 0 aromatic carbocycles. The summed E-state index contributed by atoms with van der Waals surface area (Å²) >= 11 is 0. The SMILES string of the molecule is O=C(O)/C(CCN1CCNC1=O)=C(\CCN1CCNC1=O)C(=O)O. The van der Waals surface area contributed by atoms with Crippen molar-refractivity contribution in [2.75, 3.05) is 39.3 Å². The summed E-state index contributed by atoms with van der Waals surface area (Å²) < 4.78 is 0. The lowest BCUT2D eigenvalue weighted by Gasteiger charge is -2.17. The summed E-state index contributed by atoms with van der Waals surface area (Å²) in [4.78, 5) is 48.8. The molecule has 0 aromatic rings. The van der Waals surface area contributed by atoms with Crippen molar-refractivity contribution in [3.8, 4) is 0 Å². The van der Waals surface area contributed by atoms with Crippen molar-refractivity contribution in [3.63, 3.8) is 0 Å². The van der Waals surface area contributed by atoms with E-state index < -0.39 is 11.9 Å². The van der Waals surface area contributed by atoms with E-state index in [-0.39, 0.29) is 49.1 Å². The second-order valence-corrected chi connectivity index (χ2v) is 5.51. The van der Waals surface area contributed by atoms with Crippen LogP contribution in [0.1, 0.15) is 12.8 Å². The Labute approximate surface area is 138 Å². The molecule has 0 aromatic heterocycles. The number of carboxylic acids is 2. The van der Waals surface area contributed by atoms with Gasteiger partial charge in [0.2, 0.25) is 0 Å². The number of hydrogen-bond acceptors (Lipinski definition) is 4. The van der Waals surface area contributed by atoms with Gasteiger partial charge in [0.05, 0.1) is 0 Å². The normalized spacial score (nSPS) is 18.3. The largest absolute Gasteiger partial charge is 0.478 e. The van der Waals surface area contributed by atoms with Gasteiger partial charge in [-0.1, -0.05) is 0 Å². The van der Waals surface area contributed by atoms with Crippen molar-refractivity contribution in [3.05, 3.63) is 11.1 Å². The lowest BCUT2D eigenvalue weighted by Crippen LogP contribution is -2.31. The molecule has 132 valence electrons. The molecule has 10 heteroatoms. The van der Waals surface area contributed by atoms with Crippen molar-refractivity contribution >= 4 is 24.0 Å². The number of aliphatic carboxylic acids is 2. The minimum Gasteiger partial charge on any atom is -0.478 e. The molecule has 0 saturated carbocycles. The number of nitrogens with zero attached hydrogens (tertiary/aromatic N) is 2. The second-order valence-electron chi connectivity index (χ2n) is 5.51. The monoisotopic (exact) mass is 340 g/mol. The maximum absolute atomic E-state index is 11.5. The van der Waals surface area contributed by atoms with Crippen LogP contribution in [-0.4, -0.2) is 83.3 Å². The standard InChI is InChI=1S/C14H20N4O6/c19-11(20)9(1-5-17-7-3-15-13(17)23)10(12(21)22)2-6-18-8-4-16-14(18)24/h1-8H2,(H,15,23)(H,16,24)(H,19,20)(H,21,22)/b10-9+. The van der Waals surface area contributed by atoms with Crippen molar-refractivity contribution < 1.29 is 29.4 Å². The van der Waals surface area contributed by atoms with E-state index in [0.29, 0.717) is 26.2 Å². The Morgan fingerprint density at radius 2 is 1.21 bits per heavy atom. The van der Waals surface area contributed by atoms with E-state index in [4.69, 9.17) is 0 Å². The number of rotatable bonds is 8. The molecule has 0 spiro atoms. The van der Waals surface area contributed by atoms with Gasteiger partial charge in [-0.25, -0.2) is 19.2 Å². The zero-order valence-corrected chi connectivity index (χ0v) is 13.1. The number of carbonyl (C=O) groups excluding carboxylic acids is 2. The number of urea groups is 2. The van der Waals surface area contributed by atoms with Gasteiger partial charge >= 0.3 is 24.0 Å². The van der Waals surface area contributed by atoms with Gasteiger partial charge in [0, 0.05) is 50.4 Å². The highest BCUT2D eigenvalue weighted by molar-refractivity contribution is 5.99. The molecule has 2 fully saturated rings. The third kappa shape index (κ3) is 4.15. The Morgan fingerprint density at radius 1 is 0.833 bits per heavy atom. The molecule has 4 amide bonds. The molecule has 10 nitrogen and oxygen atoms in total. The van der Waals surface area contributed by atoms with Crippen molar-refractivity contribution in [2.45, 2.75) is 12.8 Å². The number of hydrogen-bond donors (Lipinski definition) is 4. The summed E-state index contributed by atoms with van der Waals surface area (Å²) in [6, 6.07) is -0.573. The van der Waals surface area contributed by atoms with Crippen LogP contribution >= 0.6 is 0 Å². The van der Waals surface area contributed by atoms with Crippen LogP contribution in [0, 0.1) is 0 Å². The van der Waals surface area contributed by atoms with Gasteiger partial charge in [0.15, 0.2) is 0 Å². The molecule has 2 rings (SSSR count). The Hall–Kier alpha value is -2.78. The zero-order valence-electron chi connectivity index (χ0n) is 13.1. The van der Waals surface area contributed by atoms with Crippen LogP contribution in [0.4, 0.5) is 9.59 Å². The van der Waals surface area contributed by atoms with E-state index in [1.54, 1.807) is 0 Å². The molecule has 4 N–H and O–H groups in total. The number of carbonyl (C=O) groups is 4. The van der Waals surface area contributed by atoms with E-state index in [1.807, 2.05) is 0 Å². The molecule has 0 unspecified atom stereocenters. The van der Waals surface area contributed by atoms with Crippen LogP contribution in [0.15, 0.2) is 11.1 Å². The quantitative estimate of drug-likeness (QED) is 0.430. The first-order valence-corrected chi connectivity index (χ1v) is 7.64. The van der Waals surface area contributed by atoms with E-state index >= 15 is 0 Å². The summed E-state index contributed by atoms with van der Waals surface area (Å²) in [5.41, 5.74) is -0.469. The first-order chi connectivity index (χ1) is 11.4. The average molecular weight is 340 g/mol. The number of nitrogens with one attached hydrogen (secondary N) is 2. The molecule has 2 aliphatic rings. The van der Waals surface area contributed by atoms with Gasteiger partial charge in [-0.2, -0.15) is 0 Å². The molecular formula is C14H20N4O6. The van der Waals surface area contributed by atoms with Crippen LogP contribution < -0.4 is 10.6 Å². The van der Waals surface area contributed by atoms with Crippen LogP contribution in [0.25, 0.3) is 0 Å². The Balaban J connectivity index is 2.07. The molecule has 0 aliphatic carbocycles. The fourth-order valence-electron chi connectivity index (χ4n) is 2.72. The number of amides is 4. The summed E-state index contributed by atoms with van der Waals surface area (Å²) in [6.45, 7) is 2.16. The minimum absolute atomic E-state index is 0.0589. The lowest BCUT2D eigenvalue weighted by molar-refractivity contribution is -0.136. The summed E-state index contributed by atoms with van der Waals surface area (Å²) in [6.07, 6.45) is -0.118. The van der Waals surface area contributed by atoms with Crippen molar-refractivity contribution in [1.82, 2.24) is 20.4 Å². The van der Waals surface area contributed by atoms with Gasteiger partial charge in [0.25, 0.3) is 0 Å². The predicted octanol–water partition coefficient (Wildman–Crippen LogP) is -0.717. The topological polar surface area (TPSA) is 139 Å². The highest BCUT2D eigenvalue weighted by atomic mass is 16.4. The molecule has 2 heterocycles. The third-order valence-corrected chi connectivity index (χ3v) is 4.03. The summed E-state index contributed by atoms with van der Waals surface area (Å²) in [7, 11) is 0.